The molecular formula is C18H16ClNO. The number of hydrogen-bond acceptors (Lipinski definition) is 2. The predicted octanol–water partition coefficient (Wildman–Crippen LogP) is 4.40. The number of carbonyl (C=O) groups excluding carboxylic acids is 1. The van der Waals surface area contributed by atoms with E-state index in [1.54, 1.807) is 6.08 Å². The van der Waals surface area contributed by atoms with Crippen LogP contribution in [-0.4, -0.2) is 5.78 Å². The van der Waals surface area contributed by atoms with Gasteiger partial charge < -0.3 is 5.32 Å². The summed E-state index contributed by atoms with van der Waals surface area (Å²) in [5.41, 5.74) is 3.45. The smallest absolute Gasteiger partial charge is 0.187 e. The van der Waals surface area contributed by atoms with Crippen LogP contribution in [-0.2, 0) is 5.54 Å². The molecule has 3 rings (SSSR count). The fraction of sp³-hybridized carbons (Fsp3) is 0.167. The standard InChI is InChI=1S/C18H16ClNO/c1-18(2)15-9-8-13(19)10-14(15)16(20-18)11-17(21)12-6-4-3-5-7-12/h3-11,20H,1-2H3/b16-11-. The van der Waals surface area contributed by atoms with Gasteiger partial charge in [-0.1, -0.05) is 48.0 Å². The Morgan fingerprint density at radius 1 is 1.14 bits per heavy atom. The van der Waals surface area contributed by atoms with Gasteiger partial charge in [-0.3, -0.25) is 4.79 Å². The van der Waals surface area contributed by atoms with E-state index < -0.39 is 0 Å². The molecular weight excluding hydrogens is 282 g/mol. The lowest BCUT2D eigenvalue weighted by atomic mass is 9.94. The minimum absolute atomic E-state index is 0.0123. The number of ketones is 1. The van der Waals surface area contributed by atoms with Gasteiger partial charge in [0.15, 0.2) is 5.78 Å². The molecule has 0 unspecified atom stereocenters. The zero-order chi connectivity index (χ0) is 15.0. The van der Waals surface area contributed by atoms with Gasteiger partial charge in [0.05, 0.1) is 5.54 Å². The first-order valence-corrected chi connectivity index (χ1v) is 7.25. The monoisotopic (exact) mass is 297 g/mol. The topological polar surface area (TPSA) is 29.1 Å². The molecule has 2 aromatic rings. The SMILES string of the molecule is CC1(C)N/C(=C\C(=O)c2ccccc2)c2cc(Cl)ccc21. The van der Waals surface area contributed by atoms with Gasteiger partial charge in [0.1, 0.15) is 0 Å². The van der Waals surface area contributed by atoms with E-state index in [0.717, 1.165) is 16.8 Å². The number of rotatable bonds is 2. The number of nitrogens with one attached hydrogen (secondary N) is 1. The highest BCUT2D eigenvalue weighted by Gasteiger charge is 2.32. The van der Waals surface area contributed by atoms with Gasteiger partial charge in [-0.2, -0.15) is 0 Å². The van der Waals surface area contributed by atoms with Crippen molar-refractivity contribution in [2.24, 2.45) is 0 Å². The van der Waals surface area contributed by atoms with E-state index >= 15 is 0 Å². The largest absolute Gasteiger partial charge is 0.375 e. The van der Waals surface area contributed by atoms with Gasteiger partial charge in [-0.25, -0.2) is 0 Å². The van der Waals surface area contributed by atoms with Crippen LogP contribution in [0, 0.1) is 0 Å². The van der Waals surface area contributed by atoms with Gasteiger partial charge in [0, 0.05) is 27.9 Å². The van der Waals surface area contributed by atoms with Crippen LogP contribution >= 0.6 is 11.6 Å². The fourth-order valence-electron chi connectivity index (χ4n) is 2.69. The second kappa shape index (κ2) is 5.05. The number of benzene rings is 2. The highest BCUT2D eigenvalue weighted by Crippen LogP contribution is 2.38. The van der Waals surface area contributed by atoms with E-state index in [9.17, 15) is 4.79 Å². The van der Waals surface area contributed by atoms with Crippen molar-refractivity contribution in [1.29, 1.82) is 0 Å². The Kier molecular flexibility index (Phi) is 3.34. The maximum absolute atomic E-state index is 12.4. The van der Waals surface area contributed by atoms with Crippen LogP contribution in [0.15, 0.2) is 54.6 Å². The van der Waals surface area contributed by atoms with Gasteiger partial charge in [-0.15, -0.1) is 0 Å². The summed E-state index contributed by atoms with van der Waals surface area (Å²) in [6, 6.07) is 15.1. The molecule has 0 saturated heterocycles. The fourth-order valence-corrected chi connectivity index (χ4v) is 2.86. The first-order valence-electron chi connectivity index (χ1n) is 6.87. The molecule has 1 N–H and O–H groups in total. The molecule has 0 amide bonds. The summed E-state index contributed by atoms with van der Waals surface area (Å²) in [6.45, 7) is 4.18. The molecule has 0 fully saturated rings. The van der Waals surface area contributed by atoms with Crippen molar-refractivity contribution in [3.05, 3.63) is 76.3 Å². The number of hydrogen-bond donors (Lipinski definition) is 1. The minimum atomic E-state index is -0.206. The van der Waals surface area contributed by atoms with Crippen molar-refractivity contribution in [1.82, 2.24) is 5.32 Å². The maximum atomic E-state index is 12.4. The normalized spacial score (nSPS) is 17.4. The van der Waals surface area contributed by atoms with Crippen LogP contribution in [0.25, 0.3) is 5.70 Å². The van der Waals surface area contributed by atoms with Crippen molar-refractivity contribution in [3.63, 3.8) is 0 Å². The Hall–Kier alpha value is -2.06. The third-order valence-corrected chi connectivity index (χ3v) is 3.96. The van der Waals surface area contributed by atoms with Crippen LogP contribution in [0.1, 0.15) is 35.3 Å². The van der Waals surface area contributed by atoms with Crippen LogP contribution in [0.5, 0.6) is 0 Å². The van der Waals surface area contributed by atoms with Gasteiger partial charge in [-0.05, 0) is 31.5 Å². The molecule has 106 valence electrons. The molecule has 21 heavy (non-hydrogen) atoms. The molecule has 0 aromatic heterocycles. The Labute approximate surface area is 129 Å². The summed E-state index contributed by atoms with van der Waals surface area (Å²) in [5.74, 6) is -0.0123. The van der Waals surface area contributed by atoms with Crippen molar-refractivity contribution < 1.29 is 4.79 Å². The number of allylic oxidation sites excluding steroid dienone is 1. The molecule has 0 aliphatic carbocycles. The molecule has 3 heteroatoms. The van der Waals surface area contributed by atoms with Gasteiger partial charge in [0.25, 0.3) is 0 Å². The number of carbonyl (C=O) groups is 1. The molecule has 0 bridgehead atoms. The third kappa shape index (κ3) is 2.59. The summed E-state index contributed by atoms with van der Waals surface area (Å²) in [5, 5.41) is 4.08. The second-order valence-electron chi connectivity index (χ2n) is 5.73. The Bertz CT molecular complexity index is 732. The lowest BCUT2D eigenvalue weighted by Gasteiger charge is -2.20. The summed E-state index contributed by atoms with van der Waals surface area (Å²) < 4.78 is 0. The third-order valence-electron chi connectivity index (χ3n) is 3.73. The van der Waals surface area contributed by atoms with Crippen LogP contribution in [0.2, 0.25) is 5.02 Å². The summed E-state index contributed by atoms with van der Waals surface area (Å²) in [4.78, 5) is 12.4. The molecule has 1 aliphatic heterocycles. The zero-order valence-corrected chi connectivity index (χ0v) is 12.7. The molecule has 1 heterocycles. The molecule has 1 aliphatic rings. The maximum Gasteiger partial charge on any atom is 0.187 e. The lowest BCUT2D eigenvalue weighted by molar-refractivity contribution is 0.104. The van der Waals surface area contributed by atoms with Crippen LogP contribution < -0.4 is 5.32 Å². The Morgan fingerprint density at radius 3 is 2.57 bits per heavy atom. The Morgan fingerprint density at radius 2 is 1.86 bits per heavy atom. The van der Waals surface area contributed by atoms with E-state index in [1.807, 2.05) is 48.5 Å². The summed E-state index contributed by atoms with van der Waals surface area (Å²) in [7, 11) is 0. The van der Waals surface area contributed by atoms with Crippen molar-refractivity contribution >= 4 is 23.1 Å². The van der Waals surface area contributed by atoms with Crippen molar-refractivity contribution in [3.8, 4) is 0 Å². The highest BCUT2D eigenvalue weighted by atomic mass is 35.5. The van der Waals surface area contributed by atoms with E-state index in [0.29, 0.717) is 10.6 Å². The summed E-state index contributed by atoms with van der Waals surface area (Å²) >= 11 is 6.10. The molecule has 0 atom stereocenters. The van der Waals surface area contributed by atoms with Gasteiger partial charge >= 0.3 is 0 Å². The number of fused-ring (bicyclic) bond motifs is 1. The predicted molar refractivity (Wildman–Crippen MR) is 86.4 cm³/mol. The first-order chi connectivity index (χ1) is 9.97. The van der Waals surface area contributed by atoms with E-state index in [4.69, 9.17) is 11.6 Å². The average molecular weight is 298 g/mol. The number of halogens is 1. The van der Waals surface area contributed by atoms with E-state index in [2.05, 4.69) is 19.2 Å². The van der Waals surface area contributed by atoms with Gasteiger partial charge in [0.2, 0.25) is 0 Å². The van der Waals surface area contributed by atoms with Crippen LogP contribution in [0.4, 0.5) is 0 Å². The molecule has 2 nitrogen and oxygen atoms in total. The molecule has 0 saturated carbocycles. The molecule has 0 radical (unpaired) electrons. The minimum Gasteiger partial charge on any atom is -0.375 e. The van der Waals surface area contributed by atoms with E-state index in [-0.39, 0.29) is 11.3 Å². The molecule has 2 aromatic carbocycles. The van der Waals surface area contributed by atoms with Crippen LogP contribution in [0.3, 0.4) is 0 Å². The average Bonchev–Trinajstić information content (AvgIpc) is 2.70. The zero-order valence-electron chi connectivity index (χ0n) is 12.0. The highest BCUT2D eigenvalue weighted by molar-refractivity contribution is 6.30. The lowest BCUT2D eigenvalue weighted by Crippen LogP contribution is -2.28. The quantitative estimate of drug-likeness (QED) is 0.657. The second-order valence-corrected chi connectivity index (χ2v) is 6.16. The van der Waals surface area contributed by atoms with Crippen molar-refractivity contribution in [2.75, 3.05) is 0 Å². The molecule has 0 spiro atoms. The summed E-state index contributed by atoms with van der Waals surface area (Å²) in [6.07, 6.45) is 1.65. The Balaban J connectivity index is 2.04. The van der Waals surface area contributed by atoms with E-state index in [1.165, 1.54) is 0 Å². The first kappa shape index (κ1) is 13.9. The van der Waals surface area contributed by atoms with Crippen molar-refractivity contribution in [2.45, 2.75) is 19.4 Å².